The average molecular weight is 616 g/mol. The topological polar surface area (TPSA) is 76.1 Å². The maximum Gasteiger partial charge on any atom is 0.317 e. The van der Waals surface area contributed by atoms with Crippen molar-refractivity contribution in [2.75, 3.05) is 52.4 Å². The van der Waals surface area contributed by atoms with Crippen LogP contribution >= 0.6 is 23.2 Å². The Labute approximate surface area is 260 Å². The minimum absolute atomic E-state index is 0.171. The predicted octanol–water partition coefficient (Wildman–Crippen LogP) is 5.63. The van der Waals surface area contributed by atoms with Crippen LogP contribution in [0.1, 0.15) is 49.7 Å². The fourth-order valence-corrected chi connectivity index (χ4v) is 7.79. The molecule has 3 aliphatic rings. The third-order valence-electron chi connectivity index (χ3n) is 9.55. The number of halogens is 2. The van der Waals surface area contributed by atoms with Gasteiger partial charge in [0.2, 0.25) is 6.41 Å². The average Bonchev–Trinajstić information content (AvgIpc) is 2.97. The molecular formula is C33H44Cl2N4O3. The molecule has 0 saturated carbocycles. The van der Waals surface area contributed by atoms with Gasteiger partial charge in [-0.05, 0) is 148 Å². The molecule has 3 aliphatic heterocycles. The summed E-state index contributed by atoms with van der Waals surface area (Å²) in [4.78, 5) is 28.9. The van der Waals surface area contributed by atoms with Gasteiger partial charge < -0.3 is 10.4 Å². The van der Waals surface area contributed by atoms with E-state index in [-0.39, 0.29) is 6.54 Å². The van der Waals surface area contributed by atoms with E-state index in [1.165, 1.54) is 24.0 Å². The Morgan fingerprint density at radius 2 is 1.21 bits per heavy atom. The summed E-state index contributed by atoms with van der Waals surface area (Å²) >= 11 is 12.8. The predicted molar refractivity (Wildman–Crippen MR) is 169 cm³/mol. The zero-order valence-corrected chi connectivity index (χ0v) is 26.0. The van der Waals surface area contributed by atoms with Gasteiger partial charge in [-0.25, -0.2) is 0 Å². The summed E-state index contributed by atoms with van der Waals surface area (Å²) in [5.41, 5.74) is 4.83. The van der Waals surface area contributed by atoms with E-state index in [1.54, 1.807) is 6.07 Å². The molecule has 2 aromatic carbocycles. The molecule has 0 aliphatic carbocycles. The number of piperidine rings is 3. The lowest BCUT2D eigenvalue weighted by molar-refractivity contribution is -0.138. The highest BCUT2D eigenvalue weighted by Crippen LogP contribution is 2.34. The standard InChI is InChI=1S/C33H44Cl2N4O3/c34-31-16-30(17-32(35)18-31)29-14-25(20-37-7-1-24(2-8-37)19-36-23-40)13-26(15-29)21-38-9-3-27(4-10-38)28-5-11-39(12-6-28)22-33(41)42/h13-18,23-24,27-28H,1-12,19-22H2,(H,36,40)(H,41,42). The molecule has 2 N–H and O–H groups in total. The van der Waals surface area contributed by atoms with Crippen LogP contribution in [0.4, 0.5) is 0 Å². The van der Waals surface area contributed by atoms with Crippen LogP contribution in [0.3, 0.4) is 0 Å². The smallest absolute Gasteiger partial charge is 0.317 e. The quantitative estimate of drug-likeness (QED) is 0.320. The molecule has 3 saturated heterocycles. The van der Waals surface area contributed by atoms with Gasteiger partial charge in [0.1, 0.15) is 0 Å². The first-order valence-electron chi connectivity index (χ1n) is 15.5. The van der Waals surface area contributed by atoms with E-state index in [2.05, 4.69) is 38.2 Å². The molecule has 0 aromatic heterocycles. The largest absolute Gasteiger partial charge is 0.480 e. The van der Waals surface area contributed by atoms with E-state index in [1.807, 2.05) is 12.1 Å². The number of nitrogens with zero attached hydrogens (tertiary/aromatic N) is 3. The summed E-state index contributed by atoms with van der Waals surface area (Å²) in [6.07, 6.45) is 7.68. The molecule has 0 radical (unpaired) electrons. The third-order valence-corrected chi connectivity index (χ3v) is 9.98. The molecule has 3 heterocycles. The Balaban J connectivity index is 1.22. The molecule has 3 fully saturated rings. The normalized spacial score (nSPS) is 20.5. The summed E-state index contributed by atoms with van der Waals surface area (Å²) in [6, 6.07) is 12.7. The Morgan fingerprint density at radius 1 is 0.738 bits per heavy atom. The van der Waals surface area contributed by atoms with Crippen LogP contribution in [-0.4, -0.2) is 84.5 Å². The number of carboxylic acids is 1. The van der Waals surface area contributed by atoms with Crippen LogP contribution in [0.2, 0.25) is 10.0 Å². The van der Waals surface area contributed by atoms with Crippen molar-refractivity contribution in [1.82, 2.24) is 20.0 Å². The van der Waals surface area contributed by atoms with Crippen LogP contribution in [0.25, 0.3) is 11.1 Å². The molecule has 0 spiro atoms. The van der Waals surface area contributed by atoms with Crippen molar-refractivity contribution < 1.29 is 14.7 Å². The van der Waals surface area contributed by atoms with Crippen LogP contribution in [-0.2, 0) is 22.7 Å². The summed E-state index contributed by atoms with van der Waals surface area (Å²) in [6.45, 7) is 8.88. The number of carboxylic acid groups (broad SMARTS) is 1. The zero-order valence-electron chi connectivity index (χ0n) is 24.4. The van der Waals surface area contributed by atoms with Crippen molar-refractivity contribution in [3.8, 4) is 11.1 Å². The highest BCUT2D eigenvalue weighted by atomic mass is 35.5. The lowest BCUT2D eigenvalue weighted by atomic mass is 9.78. The second kappa shape index (κ2) is 15.0. The van der Waals surface area contributed by atoms with Gasteiger partial charge in [-0.2, -0.15) is 0 Å². The van der Waals surface area contributed by atoms with Crippen molar-refractivity contribution in [2.45, 2.75) is 51.6 Å². The number of nitrogens with one attached hydrogen (secondary N) is 1. The van der Waals surface area contributed by atoms with E-state index in [4.69, 9.17) is 28.3 Å². The first kappa shape index (κ1) is 31.3. The molecule has 0 atom stereocenters. The summed E-state index contributed by atoms with van der Waals surface area (Å²) < 4.78 is 0. The SMILES string of the molecule is O=CNCC1CCN(Cc2cc(CN3CCC(C4CCN(CC(=O)O)CC4)CC3)cc(-c3cc(Cl)cc(Cl)c3)c2)CC1. The minimum Gasteiger partial charge on any atom is -0.480 e. The molecule has 0 unspecified atom stereocenters. The Hall–Kier alpha value is -2.16. The van der Waals surface area contributed by atoms with Crippen LogP contribution in [0.15, 0.2) is 36.4 Å². The molecule has 1 amide bonds. The number of carbonyl (C=O) groups is 2. The molecule has 9 heteroatoms. The van der Waals surface area contributed by atoms with Crippen molar-refractivity contribution in [3.63, 3.8) is 0 Å². The van der Waals surface area contributed by atoms with Gasteiger partial charge >= 0.3 is 5.97 Å². The molecule has 0 bridgehead atoms. The van der Waals surface area contributed by atoms with E-state index in [9.17, 15) is 9.59 Å². The van der Waals surface area contributed by atoms with Crippen LogP contribution < -0.4 is 5.32 Å². The van der Waals surface area contributed by atoms with E-state index < -0.39 is 5.97 Å². The summed E-state index contributed by atoms with van der Waals surface area (Å²) in [7, 11) is 0. The fraction of sp³-hybridized carbons (Fsp3) is 0.576. The van der Waals surface area contributed by atoms with Gasteiger partial charge in [0.15, 0.2) is 0 Å². The number of rotatable bonds is 11. The van der Waals surface area contributed by atoms with Crippen molar-refractivity contribution in [1.29, 1.82) is 0 Å². The molecular weight excluding hydrogens is 571 g/mol. The molecule has 5 rings (SSSR count). The van der Waals surface area contributed by atoms with E-state index in [0.717, 1.165) is 114 Å². The maximum absolute atomic E-state index is 11.1. The highest BCUT2D eigenvalue weighted by Gasteiger charge is 2.30. The van der Waals surface area contributed by atoms with Gasteiger partial charge in [0.25, 0.3) is 0 Å². The first-order valence-corrected chi connectivity index (χ1v) is 16.3. The van der Waals surface area contributed by atoms with Gasteiger partial charge in [-0.1, -0.05) is 29.3 Å². The number of hydrogen-bond donors (Lipinski definition) is 2. The highest BCUT2D eigenvalue weighted by molar-refractivity contribution is 6.35. The zero-order chi connectivity index (χ0) is 29.5. The lowest BCUT2D eigenvalue weighted by Gasteiger charge is -2.40. The van der Waals surface area contributed by atoms with Crippen LogP contribution in [0.5, 0.6) is 0 Å². The van der Waals surface area contributed by atoms with Crippen molar-refractivity contribution in [2.24, 2.45) is 17.8 Å². The second-order valence-electron chi connectivity index (χ2n) is 12.6. The lowest BCUT2D eigenvalue weighted by Crippen LogP contribution is -2.42. The summed E-state index contributed by atoms with van der Waals surface area (Å²) in [5.74, 6) is 1.30. The number of carbonyl (C=O) groups excluding carboxylic acids is 1. The van der Waals surface area contributed by atoms with Crippen molar-refractivity contribution in [3.05, 3.63) is 57.6 Å². The third kappa shape index (κ3) is 8.93. The summed E-state index contributed by atoms with van der Waals surface area (Å²) in [5, 5.41) is 13.2. The molecule has 7 nitrogen and oxygen atoms in total. The number of benzene rings is 2. The van der Waals surface area contributed by atoms with Crippen LogP contribution in [0, 0.1) is 17.8 Å². The number of aliphatic carboxylic acids is 1. The fourth-order valence-electron chi connectivity index (χ4n) is 7.27. The van der Waals surface area contributed by atoms with Gasteiger partial charge in [0.05, 0.1) is 6.54 Å². The monoisotopic (exact) mass is 614 g/mol. The Kier molecular flexibility index (Phi) is 11.2. The number of amides is 1. The maximum atomic E-state index is 11.1. The number of hydrogen-bond acceptors (Lipinski definition) is 5. The van der Waals surface area contributed by atoms with E-state index in [0.29, 0.717) is 16.0 Å². The second-order valence-corrected chi connectivity index (χ2v) is 13.4. The Bertz CT molecular complexity index is 1180. The van der Waals surface area contributed by atoms with Gasteiger partial charge in [0, 0.05) is 29.7 Å². The van der Waals surface area contributed by atoms with Gasteiger partial charge in [-0.15, -0.1) is 0 Å². The van der Waals surface area contributed by atoms with Gasteiger partial charge in [-0.3, -0.25) is 24.3 Å². The molecule has 228 valence electrons. The minimum atomic E-state index is -0.722. The molecule has 42 heavy (non-hydrogen) atoms. The first-order chi connectivity index (χ1) is 20.3. The number of likely N-dealkylation sites (tertiary alicyclic amines) is 3. The molecule has 2 aromatic rings. The van der Waals surface area contributed by atoms with E-state index >= 15 is 0 Å². The Morgan fingerprint density at radius 3 is 1.71 bits per heavy atom. The van der Waals surface area contributed by atoms with Crippen molar-refractivity contribution >= 4 is 35.6 Å².